The van der Waals surface area contributed by atoms with Gasteiger partial charge in [-0.05, 0) is 68.0 Å². The predicted octanol–water partition coefficient (Wildman–Crippen LogP) is 6.87. The van der Waals surface area contributed by atoms with Gasteiger partial charge in [-0.1, -0.05) is 52.3 Å². The van der Waals surface area contributed by atoms with Crippen molar-refractivity contribution >= 4 is 11.9 Å². The molecule has 0 fully saturated rings. The summed E-state index contributed by atoms with van der Waals surface area (Å²) in [5.41, 5.74) is 1.58. The highest BCUT2D eigenvalue weighted by molar-refractivity contribution is 6.09. The first-order valence-corrected chi connectivity index (χ1v) is 13.8. The van der Waals surface area contributed by atoms with Crippen LogP contribution in [0.1, 0.15) is 72.1 Å². The largest absolute Gasteiger partial charge is 0.346 e. The Morgan fingerprint density at radius 3 is 2.26 bits per heavy atom. The van der Waals surface area contributed by atoms with Crippen molar-refractivity contribution in [3.05, 3.63) is 82.4 Å². The number of fused-ring (bicyclic) bond motifs is 1. The summed E-state index contributed by atoms with van der Waals surface area (Å²) in [5.74, 6) is -0.694. The Morgan fingerprint density at radius 1 is 1.03 bits per heavy atom. The molecule has 0 saturated carbocycles. The fourth-order valence-corrected chi connectivity index (χ4v) is 5.49. The summed E-state index contributed by atoms with van der Waals surface area (Å²) in [5, 5.41) is 0. The maximum absolute atomic E-state index is 14.4. The monoisotopic (exact) mass is 540 g/mol. The summed E-state index contributed by atoms with van der Waals surface area (Å²) in [7, 11) is 0. The molecule has 5 nitrogen and oxygen atoms in total. The van der Waals surface area contributed by atoms with E-state index in [1.165, 1.54) is 18.2 Å². The molecule has 2 aromatic rings. The fourth-order valence-electron chi connectivity index (χ4n) is 5.49. The summed E-state index contributed by atoms with van der Waals surface area (Å²) in [4.78, 5) is 24.8. The average Bonchev–Trinajstić information content (AvgIpc) is 3.25. The lowest BCUT2D eigenvalue weighted by Crippen LogP contribution is -2.54. The molecule has 3 unspecified atom stereocenters. The second kappa shape index (κ2) is 11.1. The van der Waals surface area contributed by atoms with Crippen LogP contribution < -0.4 is 0 Å². The van der Waals surface area contributed by atoms with Crippen molar-refractivity contribution in [1.82, 2.24) is 14.7 Å². The lowest BCUT2D eigenvalue weighted by Gasteiger charge is -2.46. The zero-order valence-corrected chi connectivity index (χ0v) is 23.9. The van der Waals surface area contributed by atoms with Crippen molar-refractivity contribution in [2.24, 2.45) is 16.8 Å². The zero-order chi connectivity index (χ0) is 28.6. The average molecular weight is 541 g/mol. The minimum atomic E-state index is -0.923. The van der Waals surface area contributed by atoms with E-state index < -0.39 is 17.2 Å². The number of likely N-dealkylation sites (N-methyl/N-ethyl adjacent to an activating group) is 1. The molecule has 210 valence electrons. The van der Waals surface area contributed by atoms with E-state index in [9.17, 15) is 18.0 Å². The van der Waals surface area contributed by atoms with E-state index in [0.29, 0.717) is 36.0 Å². The van der Waals surface area contributed by atoms with Crippen LogP contribution in [-0.4, -0.2) is 45.2 Å². The molecule has 0 aliphatic carbocycles. The van der Waals surface area contributed by atoms with E-state index in [4.69, 9.17) is 4.99 Å². The van der Waals surface area contributed by atoms with Crippen LogP contribution in [0, 0.1) is 29.3 Å². The summed E-state index contributed by atoms with van der Waals surface area (Å²) in [6.45, 7) is 15.6. The smallest absolute Gasteiger partial charge is 0.259 e. The SMILES string of the molecule is CCC(C)C(c1ccc(F)cc1)N(Cc1ccc(F)c(F)c1)C1=C(C)C(=O)N(CC)C2=NC(C)(C(C)C)CN21. The molecule has 0 spiro atoms. The minimum Gasteiger partial charge on any atom is -0.346 e. The number of amides is 1. The van der Waals surface area contributed by atoms with Gasteiger partial charge < -0.3 is 4.90 Å². The third-order valence-corrected chi connectivity index (χ3v) is 8.37. The lowest BCUT2D eigenvalue weighted by atomic mass is 9.89. The Labute approximate surface area is 230 Å². The number of rotatable bonds is 9. The van der Waals surface area contributed by atoms with Crippen LogP contribution in [0.5, 0.6) is 0 Å². The van der Waals surface area contributed by atoms with E-state index in [1.54, 1.807) is 23.1 Å². The molecule has 0 bridgehead atoms. The molecule has 0 radical (unpaired) electrons. The van der Waals surface area contributed by atoms with E-state index in [1.807, 2.05) is 13.8 Å². The number of halogens is 3. The van der Waals surface area contributed by atoms with Gasteiger partial charge >= 0.3 is 0 Å². The van der Waals surface area contributed by atoms with Crippen LogP contribution >= 0.6 is 0 Å². The Morgan fingerprint density at radius 2 is 1.69 bits per heavy atom. The maximum Gasteiger partial charge on any atom is 0.259 e. The molecule has 4 rings (SSSR count). The summed E-state index contributed by atoms with van der Waals surface area (Å²) in [6, 6.07) is 10.0. The molecule has 2 aliphatic rings. The van der Waals surface area contributed by atoms with Crippen molar-refractivity contribution in [1.29, 1.82) is 0 Å². The summed E-state index contributed by atoms with van der Waals surface area (Å²) < 4.78 is 42.2. The van der Waals surface area contributed by atoms with Gasteiger partial charge in [0.25, 0.3) is 5.91 Å². The normalized spacial score (nSPS) is 20.9. The third-order valence-electron chi connectivity index (χ3n) is 8.37. The van der Waals surface area contributed by atoms with Gasteiger partial charge in [-0.25, -0.2) is 18.2 Å². The van der Waals surface area contributed by atoms with Crippen molar-refractivity contribution in [3.63, 3.8) is 0 Å². The second-order valence-corrected chi connectivity index (χ2v) is 11.3. The molecular formula is C31H39F3N4O. The number of carbonyl (C=O) groups is 1. The first kappa shape index (κ1) is 28.7. The molecule has 0 saturated heterocycles. The van der Waals surface area contributed by atoms with Crippen LogP contribution in [0.25, 0.3) is 0 Å². The Bertz CT molecular complexity index is 1290. The van der Waals surface area contributed by atoms with Gasteiger partial charge in [-0.3, -0.25) is 14.6 Å². The zero-order valence-electron chi connectivity index (χ0n) is 23.9. The molecule has 2 heterocycles. The quantitative estimate of drug-likeness (QED) is 0.348. The number of carbonyl (C=O) groups excluding carboxylic acids is 1. The van der Waals surface area contributed by atoms with E-state index in [2.05, 4.69) is 44.4 Å². The lowest BCUT2D eigenvalue weighted by molar-refractivity contribution is -0.124. The predicted molar refractivity (Wildman–Crippen MR) is 148 cm³/mol. The molecule has 2 aliphatic heterocycles. The van der Waals surface area contributed by atoms with Gasteiger partial charge in [0.05, 0.1) is 23.7 Å². The fraction of sp³-hybridized carbons (Fsp3) is 0.484. The topological polar surface area (TPSA) is 39.2 Å². The first-order chi connectivity index (χ1) is 18.4. The molecule has 2 aromatic carbocycles. The van der Waals surface area contributed by atoms with Crippen LogP contribution in [0.15, 0.2) is 58.9 Å². The number of guanidine groups is 1. The van der Waals surface area contributed by atoms with Crippen molar-refractivity contribution in [2.75, 3.05) is 13.1 Å². The van der Waals surface area contributed by atoms with Crippen LogP contribution in [0.2, 0.25) is 0 Å². The molecule has 0 N–H and O–H groups in total. The van der Waals surface area contributed by atoms with Crippen LogP contribution in [0.3, 0.4) is 0 Å². The van der Waals surface area contributed by atoms with Gasteiger partial charge in [-0.15, -0.1) is 0 Å². The third kappa shape index (κ3) is 5.30. The highest BCUT2D eigenvalue weighted by Crippen LogP contribution is 2.42. The van der Waals surface area contributed by atoms with Crippen molar-refractivity contribution in [3.8, 4) is 0 Å². The molecule has 0 aromatic heterocycles. The van der Waals surface area contributed by atoms with Gasteiger partial charge in [-0.2, -0.15) is 0 Å². The van der Waals surface area contributed by atoms with Gasteiger partial charge in [0.2, 0.25) is 5.96 Å². The van der Waals surface area contributed by atoms with Gasteiger partial charge in [0.15, 0.2) is 11.6 Å². The highest BCUT2D eigenvalue weighted by atomic mass is 19.2. The van der Waals surface area contributed by atoms with Crippen LogP contribution in [0.4, 0.5) is 13.2 Å². The molecule has 1 amide bonds. The van der Waals surface area contributed by atoms with E-state index in [0.717, 1.165) is 18.1 Å². The minimum absolute atomic E-state index is 0.0832. The highest BCUT2D eigenvalue weighted by Gasteiger charge is 2.48. The second-order valence-electron chi connectivity index (χ2n) is 11.3. The standard InChI is InChI=1S/C31H39F3N4O/c1-8-20(5)27(23-11-13-24(32)14-12-23)37(17-22-10-15-25(33)26(34)16-22)28-21(6)29(39)36(9-2)30-35-31(7,19(3)4)18-38(28)30/h10-16,19-20,27H,8-9,17-18H2,1-7H3. The van der Waals surface area contributed by atoms with E-state index in [-0.39, 0.29) is 36.1 Å². The molecule has 39 heavy (non-hydrogen) atoms. The summed E-state index contributed by atoms with van der Waals surface area (Å²) >= 11 is 0. The number of benzene rings is 2. The number of nitrogens with zero attached hydrogens (tertiary/aromatic N) is 4. The van der Waals surface area contributed by atoms with Gasteiger partial charge in [0, 0.05) is 13.1 Å². The van der Waals surface area contributed by atoms with Gasteiger partial charge in [0.1, 0.15) is 11.6 Å². The Kier molecular flexibility index (Phi) is 8.14. The maximum atomic E-state index is 14.4. The van der Waals surface area contributed by atoms with Crippen molar-refractivity contribution in [2.45, 2.75) is 73.0 Å². The van der Waals surface area contributed by atoms with E-state index >= 15 is 0 Å². The number of hydrogen-bond donors (Lipinski definition) is 0. The Hall–Kier alpha value is -3.29. The van der Waals surface area contributed by atoms with Crippen LogP contribution in [-0.2, 0) is 11.3 Å². The molecule has 3 atom stereocenters. The first-order valence-electron chi connectivity index (χ1n) is 13.8. The molecule has 8 heteroatoms. The molecular weight excluding hydrogens is 501 g/mol. The number of hydrogen-bond acceptors (Lipinski definition) is 4. The Balaban J connectivity index is 1.95. The summed E-state index contributed by atoms with van der Waals surface area (Å²) in [6.07, 6.45) is 0.808. The number of aliphatic imine (C=N–C) groups is 1. The van der Waals surface area contributed by atoms with Crippen molar-refractivity contribution < 1.29 is 18.0 Å².